The number of rotatable bonds is 8. The van der Waals surface area contributed by atoms with Crippen LogP contribution >= 0.6 is 7.37 Å². The molecule has 0 atom stereocenters. The third-order valence-corrected chi connectivity index (χ3v) is 9.59. The van der Waals surface area contributed by atoms with Gasteiger partial charge in [-0.2, -0.15) is 0 Å². The summed E-state index contributed by atoms with van der Waals surface area (Å²) in [5, 5.41) is 22.4. The Balaban J connectivity index is 2.71. The maximum atomic E-state index is 14.7. The minimum absolute atomic E-state index is 0.271. The molecule has 5 heteroatoms. The number of unbranched alkanes of at least 4 members (excludes halogenated alkanes) is 1. The molecule has 0 spiro atoms. The van der Waals surface area contributed by atoms with E-state index in [0.717, 1.165) is 46.2 Å². The second-order valence-electron chi connectivity index (χ2n) is 15.4. The van der Waals surface area contributed by atoms with E-state index in [1.54, 1.807) is 0 Å². The highest BCUT2D eigenvalue weighted by atomic mass is 31.2. The SMILES string of the molecule is CCCCOP(=O)(Cc1cc(C(C)(C)C)c(O)c(C(C)(C)C)c1)Cc1cc(C(C)(C)C)c(O)c(C(C)(C)C)c1. The molecule has 4 nitrogen and oxygen atoms in total. The van der Waals surface area contributed by atoms with Crippen LogP contribution in [0.25, 0.3) is 0 Å². The molecule has 39 heavy (non-hydrogen) atoms. The van der Waals surface area contributed by atoms with Crippen LogP contribution in [0.4, 0.5) is 0 Å². The fourth-order valence-electron chi connectivity index (χ4n) is 4.94. The fourth-order valence-corrected chi connectivity index (χ4v) is 7.17. The Morgan fingerprint density at radius 1 is 0.615 bits per heavy atom. The first-order valence-corrected chi connectivity index (χ1v) is 16.5. The van der Waals surface area contributed by atoms with E-state index >= 15 is 0 Å². The predicted octanol–water partition coefficient (Wildman–Crippen LogP) is 10.1. The highest BCUT2D eigenvalue weighted by Gasteiger charge is 2.32. The standard InChI is InChI=1S/C34H55O4P/c1-14-15-16-38-39(37,21-23-17-25(31(2,3)4)29(35)26(18-23)32(5,6)7)22-24-19-27(33(8,9)10)30(36)28(20-24)34(11,12)13/h17-20,35-36H,14-16,21-22H2,1-13H3. The molecule has 0 fully saturated rings. The largest absolute Gasteiger partial charge is 0.507 e. The highest BCUT2D eigenvalue weighted by molar-refractivity contribution is 7.57. The topological polar surface area (TPSA) is 66.8 Å². The third-order valence-electron chi connectivity index (χ3n) is 7.24. The molecule has 0 heterocycles. The number of hydrogen-bond acceptors (Lipinski definition) is 4. The summed E-state index contributed by atoms with van der Waals surface area (Å²) in [6, 6.07) is 8.05. The van der Waals surface area contributed by atoms with Gasteiger partial charge in [-0.3, -0.25) is 4.57 Å². The van der Waals surface area contributed by atoms with E-state index in [-0.39, 0.29) is 21.7 Å². The van der Waals surface area contributed by atoms with E-state index in [9.17, 15) is 14.8 Å². The van der Waals surface area contributed by atoms with E-state index in [1.807, 2.05) is 24.3 Å². The molecule has 0 saturated carbocycles. The number of hydrogen-bond donors (Lipinski definition) is 2. The second kappa shape index (κ2) is 11.6. The number of aromatic hydroxyl groups is 2. The van der Waals surface area contributed by atoms with Gasteiger partial charge in [0.15, 0.2) is 0 Å². The van der Waals surface area contributed by atoms with Crippen LogP contribution in [0, 0.1) is 0 Å². The van der Waals surface area contributed by atoms with Gasteiger partial charge in [0.2, 0.25) is 7.37 Å². The summed E-state index contributed by atoms with van der Waals surface area (Å²) in [5.41, 5.74) is 4.21. The first kappa shape index (κ1) is 33.4. The molecule has 0 unspecified atom stereocenters. The highest BCUT2D eigenvalue weighted by Crippen LogP contribution is 2.55. The van der Waals surface area contributed by atoms with Gasteiger partial charge in [0, 0.05) is 0 Å². The van der Waals surface area contributed by atoms with Crippen molar-refractivity contribution in [2.45, 2.75) is 137 Å². The van der Waals surface area contributed by atoms with Crippen LogP contribution in [0.3, 0.4) is 0 Å². The number of phenols is 2. The molecule has 2 aromatic rings. The van der Waals surface area contributed by atoms with Gasteiger partial charge in [0.25, 0.3) is 0 Å². The van der Waals surface area contributed by atoms with Gasteiger partial charge in [0.05, 0.1) is 18.9 Å². The molecular weight excluding hydrogens is 503 g/mol. The average Bonchev–Trinajstić information content (AvgIpc) is 2.73. The minimum atomic E-state index is -3.17. The summed E-state index contributed by atoms with van der Waals surface area (Å²) in [7, 11) is -3.17. The molecular formula is C34H55O4P. The molecule has 0 radical (unpaired) electrons. The second-order valence-corrected chi connectivity index (χ2v) is 17.9. The van der Waals surface area contributed by atoms with Crippen molar-refractivity contribution >= 4 is 7.37 Å². The Morgan fingerprint density at radius 2 is 0.897 bits per heavy atom. The van der Waals surface area contributed by atoms with Gasteiger partial charge in [-0.25, -0.2) is 0 Å². The van der Waals surface area contributed by atoms with E-state index in [2.05, 4.69) is 90.0 Å². The van der Waals surface area contributed by atoms with Crippen LogP contribution in [0.15, 0.2) is 24.3 Å². The van der Waals surface area contributed by atoms with Gasteiger partial charge in [-0.15, -0.1) is 0 Å². The Kier molecular flexibility index (Phi) is 9.96. The molecule has 2 N–H and O–H groups in total. The molecule has 2 rings (SSSR count). The van der Waals surface area contributed by atoms with Gasteiger partial charge in [0.1, 0.15) is 11.5 Å². The van der Waals surface area contributed by atoms with Crippen molar-refractivity contribution in [1.82, 2.24) is 0 Å². The average molecular weight is 559 g/mol. The molecule has 0 amide bonds. The third kappa shape index (κ3) is 8.61. The fraction of sp³-hybridized carbons (Fsp3) is 0.647. The van der Waals surface area contributed by atoms with Crippen LogP contribution < -0.4 is 0 Å². The van der Waals surface area contributed by atoms with Crippen molar-refractivity contribution in [2.75, 3.05) is 6.61 Å². The summed E-state index contributed by atoms with van der Waals surface area (Å²) in [6.45, 7) is 27.6. The van der Waals surface area contributed by atoms with E-state index in [1.165, 1.54) is 0 Å². The van der Waals surface area contributed by atoms with Crippen LogP contribution in [0.5, 0.6) is 11.5 Å². The lowest BCUT2D eigenvalue weighted by Crippen LogP contribution is -2.18. The van der Waals surface area contributed by atoms with Crippen molar-refractivity contribution < 1.29 is 19.3 Å². The minimum Gasteiger partial charge on any atom is -0.507 e. The Morgan fingerprint density at radius 3 is 1.13 bits per heavy atom. The normalized spacial score (nSPS) is 13.7. The van der Waals surface area contributed by atoms with Crippen molar-refractivity contribution in [3.05, 3.63) is 57.6 Å². The molecule has 0 bridgehead atoms. The number of benzene rings is 2. The van der Waals surface area contributed by atoms with Crippen LogP contribution in [0.1, 0.15) is 136 Å². The first-order valence-electron chi connectivity index (χ1n) is 14.5. The smallest absolute Gasteiger partial charge is 0.211 e. The molecule has 0 aliphatic heterocycles. The maximum Gasteiger partial charge on any atom is 0.211 e. The van der Waals surface area contributed by atoms with Crippen molar-refractivity contribution in [3.8, 4) is 11.5 Å². The van der Waals surface area contributed by atoms with E-state index in [0.29, 0.717) is 30.4 Å². The quantitative estimate of drug-likeness (QED) is 0.250. The van der Waals surface area contributed by atoms with Crippen LogP contribution in [-0.4, -0.2) is 16.8 Å². The van der Waals surface area contributed by atoms with Crippen molar-refractivity contribution in [2.24, 2.45) is 0 Å². The lowest BCUT2D eigenvalue weighted by atomic mass is 9.78. The monoisotopic (exact) mass is 558 g/mol. The Labute approximate surface area is 239 Å². The summed E-state index contributed by atoms with van der Waals surface area (Å²) < 4.78 is 21.0. The summed E-state index contributed by atoms with van der Waals surface area (Å²) in [5.74, 6) is 0.646. The molecule has 0 aromatic heterocycles. The van der Waals surface area contributed by atoms with Crippen molar-refractivity contribution in [3.63, 3.8) is 0 Å². The first-order chi connectivity index (χ1) is 17.5. The van der Waals surface area contributed by atoms with Crippen LogP contribution in [0.2, 0.25) is 0 Å². The van der Waals surface area contributed by atoms with Gasteiger partial charge in [-0.05, 0) is 61.5 Å². The maximum absolute atomic E-state index is 14.7. The van der Waals surface area contributed by atoms with Crippen LogP contribution in [-0.2, 0) is 43.1 Å². The summed E-state index contributed by atoms with van der Waals surface area (Å²) in [4.78, 5) is 0. The molecule has 2 aromatic carbocycles. The van der Waals surface area contributed by atoms with E-state index in [4.69, 9.17) is 4.52 Å². The lowest BCUT2D eigenvalue weighted by molar-refractivity contribution is 0.304. The predicted molar refractivity (Wildman–Crippen MR) is 167 cm³/mol. The summed E-state index contributed by atoms with van der Waals surface area (Å²) >= 11 is 0. The zero-order chi connectivity index (χ0) is 30.2. The van der Waals surface area contributed by atoms with E-state index < -0.39 is 7.37 Å². The zero-order valence-electron chi connectivity index (χ0n) is 27.0. The van der Waals surface area contributed by atoms with Gasteiger partial charge < -0.3 is 14.7 Å². The molecule has 0 aliphatic rings. The lowest BCUT2D eigenvalue weighted by Gasteiger charge is -2.30. The summed E-state index contributed by atoms with van der Waals surface area (Å²) in [6.07, 6.45) is 2.39. The molecule has 0 aliphatic carbocycles. The zero-order valence-corrected chi connectivity index (χ0v) is 27.9. The Hall–Kier alpha value is -1.77. The number of phenolic OH excluding ortho intramolecular Hbond substituents is 2. The molecule has 220 valence electrons. The Bertz CT molecular complexity index is 1040. The van der Waals surface area contributed by atoms with Gasteiger partial charge in [-0.1, -0.05) is 121 Å². The van der Waals surface area contributed by atoms with Gasteiger partial charge >= 0.3 is 0 Å². The molecule has 0 saturated heterocycles. The van der Waals surface area contributed by atoms with Crippen molar-refractivity contribution in [1.29, 1.82) is 0 Å².